The van der Waals surface area contributed by atoms with Gasteiger partial charge in [-0.25, -0.2) is 0 Å². The van der Waals surface area contributed by atoms with E-state index in [0.29, 0.717) is 19.4 Å². The zero-order valence-electron chi connectivity index (χ0n) is 7.02. The van der Waals surface area contributed by atoms with Crippen molar-refractivity contribution < 1.29 is 5.11 Å². The molecule has 1 rings (SSSR count). The minimum absolute atomic E-state index is 0. The highest BCUT2D eigenvalue weighted by Gasteiger charge is 2.46. The molecule has 0 radical (unpaired) electrons. The lowest BCUT2D eigenvalue weighted by molar-refractivity contribution is 0.0319. The maximum atomic E-state index is 9.95. The number of halogens is 4. The van der Waals surface area contributed by atoms with Crippen LogP contribution in [0.3, 0.4) is 0 Å². The topological polar surface area (TPSA) is 32.3 Å². The fraction of sp³-hybridized carbons (Fsp3) is 1.00. The third kappa shape index (κ3) is 3.61. The normalized spacial score (nSPS) is 30.5. The van der Waals surface area contributed by atoms with Gasteiger partial charge in [-0.05, 0) is 32.4 Å². The van der Waals surface area contributed by atoms with Gasteiger partial charge in [0.2, 0.25) is 3.79 Å². The monoisotopic (exact) mass is 267 g/mol. The highest BCUT2D eigenvalue weighted by atomic mass is 35.6. The van der Waals surface area contributed by atoms with Crippen molar-refractivity contribution in [3.63, 3.8) is 0 Å². The Morgan fingerprint density at radius 2 is 1.77 bits per heavy atom. The number of nitrogens with one attached hydrogen (secondary N) is 1. The minimum atomic E-state index is -1.57. The maximum Gasteiger partial charge on any atom is 0.218 e. The molecule has 0 aliphatic carbocycles. The second-order valence-corrected chi connectivity index (χ2v) is 5.41. The van der Waals surface area contributed by atoms with Crippen LogP contribution in [-0.2, 0) is 0 Å². The van der Waals surface area contributed by atoms with Gasteiger partial charge in [-0.3, -0.25) is 0 Å². The number of aliphatic hydroxyl groups is 1. The molecular weight excluding hydrogens is 256 g/mol. The fourth-order valence-corrected chi connectivity index (χ4v) is 1.90. The highest BCUT2D eigenvalue weighted by Crippen LogP contribution is 2.43. The smallest absolute Gasteiger partial charge is 0.218 e. The van der Waals surface area contributed by atoms with Gasteiger partial charge in [-0.1, -0.05) is 34.8 Å². The molecule has 0 saturated carbocycles. The van der Waals surface area contributed by atoms with Gasteiger partial charge in [-0.2, -0.15) is 0 Å². The number of alkyl halides is 3. The van der Waals surface area contributed by atoms with Crippen molar-refractivity contribution in [2.75, 3.05) is 13.1 Å². The van der Waals surface area contributed by atoms with Gasteiger partial charge in [0.15, 0.2) is 0 Å². The third-order valence-corrected chi connectivity index (χ3v) is 3.24. The van der Waals surface area contributed by atoms with Crippen molar-refractivity contribution in [2.45, 2.75) is 28.7 Å². The van der Waals surface area contributed by atoms with E-state index in [1.807, 2.05) is 0 Å². The summed E-state index contributed by atoms with van der Waals surface area (Å²) in [5.74, 6) is 0. The Morgan fingerprint density at radius 1 is 1.15 bits per heavy atom. The molecule has 0 aromatic carbocycles. The summed E-state index contributed by atoms with van der Waals surface area (Å²) in [5.41, 5.74) is -1.17. The summed E-state index contributed by atoms with van der Waals surface area (Å²) < 4.78 is -1.57. The minimum Gasteiger partial charge on any atom is -0.385 e. The zero-order chi connectivity index (χ0) is 9.24. The molecule has 2 nitrogen and oxygen atoms in total. The molecule has 0 spiro atoms. The Bertz CT molecular complexity index is 151. The van der Waals surface area contributed by atoms with Crippen LogP contribution in [0.4, 0.5) is 0 Å². The average Bonchev–Trinajstić information content (AvgIpc) is 2.12. The predicted octanol–water partition coefficient (Wildman–Crippen LogP) is 2.28. The summed E-state index contributed by atoms with van der Waals surface area (Å²) >= 11 is 17.0. The van der Waals surface area contributed by atoms with E-state index in [-0.39, 0.29) is 12.4 Å². The van der Waals surface area contributed by atoms with E-state index in [2.05, 4.69) is 5.32 Å². The van der Waals surface area contributed by atoms with Gasteiger partial charge in [0.25, 0.3) is 0 Å². The summed E-state index contributed by atoms with van der Waals surface area (Å²) in [5, 5.41) is 13.1. The molecule has 1 saturated heterocycles. The molecular formula is C7H13Cl4NO. The van der Waals surface area contributed by atoms with Crippen LogP contribution in [0.15, 0.2) is 0 Å². The summed E-state index contributed by atoms with van der Waals surface area (Å²) in [6.45, 7) is 1.58. The molecule has 1 heterocycles. The summed E-state index contributed by atoms with van der Waals surface area (Å²) in [4.78, 5) is 0. The molecule has 0 aromatic rings. The summed E-state index contributed by atoms with van der Waals surface area (Å²) in [6, 6.07) is 0. The Labute approximate surface area is 99.3 Å². The van der Waals surface area contributed by atoms with E-state index < -0.39 is 9.39 Å². The van der Waals surface area contributed by atoms with Crippen molar-refractivity contribution in [3.8, 4) is 0 Å². The standard InChI is InChI=1S/C7H12Cl3NO.ClH/c8-7(9,10)6(12)2-1-4-11-5-3-6;/h11-12H,1-5H2;1H. The molecule has 1 unspecified atom stereocenters. The molecule has 80 valence electrons. The summed E-state index contributed by atoms with van der Waals surface area (Å²) in [7, 11) is 0. The maximum absolute atomic E-state index is 9.95. The lowest BCUT2D eigenvalue weighted by atomic mass is 9.97. The van der Waals surface area contributed by atoms with Crippen LogP contribution in [0.5, 0.6) is 0 Å². The van der Waals surface area contributed by atoms with E-state index >= 15 is 0 Å². The lowest BCUT2D eigenvalue weighted by Crippen LogP contribution is -2.43. The van der Waals surface area contributed by atoms with Gasteiger partial charge in [-0.15, -0.1) is 12.4 Å². The van der Waals surface area contributed by atoms with Crippen LogP contribution >= 0.6 is 47.2 Å². The van der Waals surface area contributed by atoms with Crippen LogP contribution in [0.2, 0.25) is 0 Å². The Hall–Kier alpha value is 1.08. The van der Waals surface area contributed by atoms with E-state index in [0.717, 1.165) is 13.0 Å². The second-order valence-electron chi connectivity index (χ2n) is 3.13. The third-order valence-electron chi connectivity index (χ3n) is 2.19. The number of hydrogen-bond acceptors (Lipinski definition) is 2. The molecule has 1 aliphatic rings. The first kappa shape index (κ1) is 14.1. The molecule has 0 aromatic heterocycles. The quantitative estimate of drug-likeness (QED) is 0.661. The Balaban J connectivity index is 0.00000144. The van der Waals surface area contributed by atoms with Crippen LogP contribution in [0.1, 0.15) is 19.3 Å². The molecule has 2 N–H and O–H groups in total. The second kappa shape index (κ2) is 5.24. The van der Waals surface area contributed by atoms with Crippen LogP contribution in [0, 0.1) is 0 Å². The first-order valence-electron chi connectivity index (χ1n) is 3.95. The van der Waals surface area contributed by atoms with Gasteiger partial charge < -0.3 is 10.4 Å². The van der Waals surface area contributed by atoms with Gasteiger partial charge in [0.1, 0.15) is 5.60 Å². The van der Waals surface area contributed by atoms with Gasteiger partial charge >= 0.3 is 0 Å². The van der Waals surface area contributed by atoms with Crippen molar-refractivity contribution in [1.29, 1.82) is 0 Å². The van der Waals surface area contributed by atoms with Crippen molar-refractivity contribution >= 4 is 47.2 Å². The molecule has 0 bridgehead atoms. The van der Waals surface area contributed by atoms with Gasteiger partial charge in [0, 0.05) is 0 Å². The fourth-order valence-electron chi connectivity index (χ4n) is 1.33. The lowest BCUT2D eigenvalue weighted by Gasteiger charge is -2.33. The number of hydrogen-bond donors (Lipinski definition) is 2. The zero-order valence-corrected chi connectivity index (χ0v) is 10.1. The molecule has 1 atom stereocenters. The van der Waals surface area contributed by atoms with Crippen molar-refractivity contribution in [2.24, 2.45) is 0 Å². The van der Waals surface area contributed by atoms with E-state index in [9.17, 15) is 5.11 Å². The first-order valence-corrected chi connectivity index (χ1v) is 5.09. The van der Waals surface area contributed by atoms with E-state index in [1.165, 1.54) is 0 Å². The molecule has 6 heteroatoms. The summed E-state index contributed by atoms with van der Waals surface area (Å²) in [6.07, 6.45) is 1.87. The van der Waals surface area contributed by atoms with Crippen LogP contribution < -0.4 is 5.32 Å². The average molecular weight is 269 g/mol. The van der Waals surface area contributed by atoms with E-state index in [4.69, 9.17) is 34.8 Å². The van der Waals surface area contributed by atoms with Crippen LogP contribution in [-0.4, -0.2) is 27.6 Å². The number of rotatable bonds is 0. The Kier molecular flexibility index (Phi) is 5.68. The Morgan fingerprint density at radius 3 is 2.31 bits per heavy atom. The molecule has 1 aliphatic heterocycles. The SMILES string of the molecule is Cl.OC1(C(Cl)(Cl)Cl)CCCNCC1. The molecule has 13 heavy (non-hydrogen) atoms. The highest BCUT2D eigenvalue weighted by molar-refractivity contribution is 6.68. The van der Waals surface area contributed by atoms with Crippen molar-refractivity contribution in [1.82, 2.24) is 5.32 Å². The molecule has 1 fully saturated rings. The largest absolute Gasteiger partial charge is 0.385 e. The van der Waals surface area contributed by atoms with Crippen molar-refractivity contribution in [3.05, 3.63) is 0 Å². The van der Waals surface area contributed by atoms with Gasteiger partial charge in [0.05, 0.1) is 0 Å². The molecule has 0 amide bonds. The predicted molar refractivity (Wildman–Crippen MR) is 59.2 cm³/mol. The first-order chi connectivity index (χ1) is 5.46. The van der Waals surface area contributed by atoms with Crippen LogP contribution in [0.25, 0.3) is 0 Å². The van der Waals surface area contributed by atoms with E-state index in [1.54, 1.807) is 0 Å².